The number of nitrogens with zero attached hydrogens (tertiary/aromatic N) is 3. The van der Waals surface area contributed by atoms with E-state index in [1.807, 2.05) is 28.0 Å². The molecule has 2 aliphatic rings. The largest absolute Gasteiger partial charge is 0.368 e. The molecule has 0 unspecified atom stereocenters. The summed E-state index contributed by atoms with van der Waals surface area (Å²) in [5.41, 5.74) is 1.21. The van der Waals surface area contributed by atoms with Gasteiger partial charge in [0.1, 0.15) is 0 Å². The van der Waals surface area contributed by atoms with Gasteiger partial charge in [0.2, 0.25) is 11.8 Å². The quantitative estimate of drug-likeness (QED) is 0.778. The molecule has 1 saturated heterocycles. The van der Waals surface area contributed by atoms with Gasteiger partial charge in [-0.15, -0.1) is 0 Å². The van der Waals surface area contributed by atoms with Crippen molar-refractivity contribution in [1.29, 1.82) is 0 Å². The summed E-state index contributed by atoms with van der Waals surface area (Å²) in [7, 11) is 0. The Balaban J connectivity index is 1.54. The molecule has 0 bridgehead atoms. The molecule has 0 aromatic heterocycles. The lowest BCUT2D eigenvalue weighted by molar-refractivity contribution is -0.141. The van der Waals surface area contributed by atoms with Crippen molar-refractivity contribution >= 4 is 17.5 Å². The highest BCUT2D eigenvalue weighted by Gasteiger charge is 2.28. The van der Waals surface area contributed by atoms with E-state index >= 15 is 0 Å². The summed E-state index contributed by atoms with van der Waals surface area (Å²) in [6.07, 6.45) is 6.90. The van der Waals surface area contributed by atoms with E-state index in [2.05, 4.69) is 17.0 Å². The van der Waals surface area contributed by atoms with E-state index in [-0.39, 0.29) is 24.4 Å². The van der Waals surface area contributed by atoms with Crippen molar-refractivity contribution in [3.8, 4) is 0 Å². The second-order valence-corrected chi connectivity index (χ2v) is 7.50. The standard InChI is InChI=1S/C21H31N3O2/c1-18(25)24(20-11-5-2-3-6-12-20)17-21(26)23-15-13-22(14-16-23)19-9-7-4-8-10-19/h4,7-10,20H,2-3,5-6,11-17H2,1H3. The Morgan fingerprint density at radius 2 is 1.58 bits per heavy atom. The van der Waals surface area contributed by atoms with Gasteiger partial charge in [-0.25, -0.2) is 0 Å². The van der Waals surface area contributed by atoms with Crippen LogP contribution in [0.4, 0.5) is 5.69 Å². The fraction of sp³-hybridized carbons (Fsp3) is 0.619. The van der Waals surface area contributed by atoms with Crippen LogP contribution in [0.15, 0.2) is 30.3 Å². The van der Waals surface area contributed by atoms with Crippen molar-refractivity contribution in [3.05, 3.63) is 30.3 Å². The topological polar surface area (TPSA) is 43.9 Å². The highest BCUT2D eigenvalue weighted by atomic mass is 16.2. The van der Waals surface area contributed by atoms with Gasteiger partial charge in [-0.05, 0) is 25.0 Å². The van der Waals surface area contributed by atoms with Crippen LogP contribution in [0.25, 0.3) is 0 Å². The van der Waals surface area contributed by atoms with Gasteiger partial charge < -0.3 is 14.7 Å². The second kappa shape index (κ2) is 9.06. The number of benzene rings is 1. The Hall–Kier alpha value is -2.04. The smallest absolute Gasteiger partial charge is 0.242 e. The van der Waals surface area contributed by atoms with Gasteiger partial charge in [-0.1, -0.05) is 43.9 Å². The summed E-state index contributed by atoms with van der Waals surface area (Å²) >= 11 is 0. The van der Waals surface area contributed by atoms with Crippen molar-refractivity contribution in [2.24, 2.45) is 0 Å². The predicted molar refractivity (Wildman–Crippen MR) is 104 cm³/mol. The van der Waals surface area contributed by atoms with Gasteiger partial charge >= 0.3 is 0 Å². The molecule has 3 rings (SSSR count). The van der Waals surface area contributed by atoms with Gasteiger partial charge in [-0.2, -0.15) is 0 Å². The van der Waals surface area contributed by atoms with E-state index in [1.165, 1.54) is 31.4 Å². The first-order valence-electron chi connectivity index (χ1n) is 10.00. The molecular weight excluding hydrogens is 326 g/mol. The molecule has 2 amide bonds. The molecule has 1 aliphatic carbocycles. The normalized spacial score (nSPS) is 19.1. The summed E-state index contributed by atoms with van der Waals surface area (Å²) in [4.78, 5) is 31.0. The Morgan fingerprint density at radius 3 is 2.15 bits per heavy atom. The molecular formula is C21H31N3O2. The van der Waals surface area contributed by atoms with Gasteiger partial charge in [0, 0.05) is 44.8 Å². The molecule has 5 heteroatoms. The second-order valence-electron chi connectivity index (χ2n) is 7.50. The Morgan fingerprint density at radius 1 is 0.962 bits per heavy atom. The van der Waals surface area contributed by atoms with E-state index in [1.54, 1.807) is 6.92 Å². The zero-order chi connectivity index (χ0) is 18.4. The van der Waals surface area contributed by atoms with Crippen LogP contribution in [-0.4, -0.2) is 60.4 Å². The number of anilines is 1. The van der Waals surface area contributed by atoms with Crippen LogP contribution in [0.2, 0.25) is 0 Å². The van der Waals surface area contributed by atoms with E-state index in [0.29, 0.717) is 0 Å². The summed E-state index contributed by atoms with van der Waals surface area (Å²) in [6, 6.07) is 10.6. The fourth-order valence-corrected chi connectivity index (χ4v) is 4.17. The monoisotopic (exact) mass is 357 g/mol. The van der Waals surface area contributed by atoms with E-state index < -0.39 is 0 Å². The first-order chi connectivity index (χ1) is 12.6. The maximum absolute atomic E-state index is 12.8. The van der Waals surface area contributed by atoms with Crippen molar-refractivity contribution in [2.45, 2.75) is 51.5 Å². The Labute approximate surface area is 156 Å². The number of carbonyl (C=O) groups excluding carboxylic acids is 2. The average molecular weight is 357 g/mol. The van der Waals surface area contributed by atoms with E-state index in [0.717, 1.165) is 39.0 Å². The zero-order valence-corrected chi connectivity index (χ0v) is 15.9. The maximum Gasteiger partial charge on any atom is 0.242 e. The Bertz CT molecular complexity index is 589. The molecule has 5 nitrogen and oxygen atoms in total. The van der Waals surface area contributed by atoms with Crippen molar-refractivity contribution < 1.29 is 9.59 Å². The van der Waals surface area contributed by atoms with Crippen LogP contribution in [-0.2, 0) is 9.59 Å². The first-order valence-corrected chi connectivity index (χ1v) is 10.00. The molecule has 0 radical (unpaired) electrons. The molecule has 1 heterocycles. The molecule has 2 fully saturated rings. The van der Waals surface area contributed by atoms with Gasteiger partial charge in [0.25, 0.3) is 0 Å². The number of piperazine rings is 1. The molecule has 1 aromatic rings. The SMILES string of the molecule is CC(=O)N(CC(=O)N1CCN(c2ccccc2)CC1)C1CCCCCC1. The third-order valence-electron chi connectivity index (χ3n) is 5.73. The molecule has 142 valence electrons. The summed E-state index contributed by atoms with van der Waals surface area (Å²) < 4.78 is 0. The average Bonchev–Trinajstić information content (AvgIpc) is 2.96. The molecule has 1 aliphatic heterocycles. The highest BCUT2D eigenvalue weighted by Crippen LogP contribution is 2.22. The number of hydrogen-bond acceptors (Lipinski definition) is 3. The van der Waals surface area contributed by atoms with Gasteiger partial charge in [-0.3, -0.25) is 9.59 Å². The molecule has 1 saturated carbocycles. The number of para-hydroxylation sites is 1. The van der Waals surface area contributed by atoms with Gasteiger partial charge in [0.05, 0.1) is 6.54 Å². The lowest BCUT2D eigenvalue weighted by Gasteiger charge is -2.38. The van der Waals surface area contributed by atoms with Crippen LogP contribution in [0.1, 0.15) is 45.4 Å². The number of amides is 2. The van der Waals surface area contributed by atoms with Crippen LogP contribution in [0.5, 0.6) is 0 Å². The summed E-state index contributed by atoms with van der Waals surface area (Å²) in [6.45, 7) is 4.99. The molecule has 0 N–H and O–H groups in total. The molecule has 0 atom stereocenters. The third kappa shape index (κ3) is 4.77. The van der Waals surface area contributed by atoms with E-state index in [4.69, 9.17) is 0 Å². The van der Waals surface area contributed by atoms with Crippen molar-refractivity contribution in [1.82, 2.24) is 9.80 Å². The fourth-order valence-electron chi connectivity index (χ4n) is 4.17. The van der Waals surface area contributed by atoms with Crippen LogP contribution < -0.4 is 4.90 Å². The minimum atomic E-state index is 0.0353. The van der Waals surface area contributed by atoms with Crippen LogP contribution >= 0.6 is 0 Å². The zero-order valence-electron chi connectivity index (χ0n) is 15.9. The maximum atomic E-state index is 12.8. The van der Waals surface area contributed by atoms with Crippen LogP contribution in [0, 0.1) is 0 Å². The summed E-state index contributed by atoms with van der Waals surface area (Å²) in [5, 5.41) is 0. The van der Waals surface area contributed by atoms with Gasteiger partial charge in [0.15, 0.2) is 0 Å². The lowest BCUT2D eigenvalue weighted by Crippen LogP contribution is -2.53. The number of hydrogen-bond donors (Lipinski definition) is 0. The Kier molecular flexibility index (Phi) is 6.53. The number of rotatable bonds is 4. The number of carbonyl (C=O) groups is 2. The summed E-state index contributed by atoms with van der Waals surface area (Å²) in [5.74, 6) is 0.130. The van der Waals surface area contributed by atoms with Crippen molar-refractivity contribution in [3.63, 3.8) is 0 Å². The molecule has 0 spiro atoms. The minimum Gasteiger partial charge on any atom is -0.368 e. The van der Waals surface area contributed by atoms with Crippen LogP contribution in [0.3, 0.4) is 0 Å². The third-order valence-corrected chi connectivity index (χ3v) is 5.73. The highest BCUT2D eigenvalue weighted by molar-refractivity contribution is 5.84. The molecule has 1 aromatic carbocycles. The lowest BCUT2D eigenvalue weighted by atomic mass is 10.1. The molecule has 26 heavy (non-hydrogen) atoms. The predicted octanol–water partition coefficient (Wildman–Crippen LogP) is 2.91. The van der Waals surface area contributed by atoms with Crippen molar-refractivity contribution in [2.75, 3.05) is 37.6 Å². The minimum absolute atomic E-state index is 0.0353. The first kappa shape index (κ1) is 18.7. The van der Waals surface area contributed by atoms with E-state index in [9.17, 15) is 9.59 Å².